The molecule has 0 aliphatic carbocycles. The molecule has 0 bridgehead atoms. The first kappa shape index (κ1) is 21.3. The summed E-state index contributed by atoms with van der Waals surface area (Å²) in [6.07, 6.45) is 1.93. The summed E-state index contributed by atoms with van der Waals surface area (Å²) >= 11 is 0. The molecule has 7 rings (SSSR count). The Balaban J connectivity index is 1.55. The number of benzene rings is 5. The van der Waals surface area contributed by atoms with Gasteiger partial charge in [-0.25, -0.2) is 0 Å². The summed E-state index contributed by atoms with van der Waals surface area (Å²) in [5.41, 5.74) is 10.3. The molecule has 0 saturated carbocycles. The van der Waals surface area contributed by atoms with Gasteiger partial charge in [-0.05, 0) is 52.6 Å². The minimum atomic E-state index is 0.987. The molecular formula is C35H24N2. The van der Waals surface area contributed by atoms with Gasteiger partial charge in [0, 0.05) is 28.2 Å². The first-order valence-electron chi connectivity index (χ1n) is 12.6. The summed E-state index contributed by atoms with van der Waals surface area (Å²) in [7, 11) is 0. The Kier molecular flexibility index (Phi) is 5.15. The van der Waals surface area contributed by atoms with E-state index in [1.165, 1.54) is 38.5 Å². The zero-order valence-corrected chi connectivity index (χ0v) is 20.3. The third-order valence-electron chi connectivity index (χ3n) is 7.04. The van der Waals surface area contributed by atoms with E-state index in [4.69, 9.17) is 4.98 Å². The lowest BCUT2D eigenvalue weighted by atomic mass is 10.0. The molecule has 0 spiro atoms. The third-order valence-corrected chi connectivity index (χ3v) is 7.04. The van der Waals surface area contributed by atoms with Gasteiger partial charge in [-0.15, -0.1) is 0 Å². The lowest BCUT2D eigenvalue weighted by molar-refractivity contribution is 1.17. The maximum Gasteiger partial charge on any atom is 0.0948 e. The molecule has 2 heteroatoms. The molecule has 0 saturated heterocycles. The number of pyridine rings is 1. The van der Waals surface area contributed by atoms with E-state index in [9.17, 15) is 0 Å². The fourth-order valence-corrected chi connectivity index (χ4v) is 5.31. The number of hydrogen-bond donors (Lipinski definition) is 0. The minimum absolute atomic E-state index is 0.987. The Morgan fingerprint density at radius 1 is 0.432 bits per heavy atom. The monoisotopic (exact) mass is 472 g/mol. The van der Waals surface area contributed by atoms with E-state index in [0.717, 1.165) is 22.5 Å². The van der Waals surface area contributed by atoms with Crippen molar-refractivity contribution >= 4 is 21.8 Å². The highest BCUT2D eigenvalue weighted by Crippen LogP contribution is 2.39. The second-order valence-corrected chi connectivity index (χ2v) is 9.27. The van der Waals surface area contributed by atoms with Crippen LogP contribution in [0.4, 0.5) is 0 Å². The molecule has 0 radical (unpaired) electrons. The van der Waals surface area contributed by atoms with Gasteiger partial charge in [-0.1, -0.05) is 109 Å². The van der Waals surface area contributed by atoms with Crippen molar-refractivity contribution in [1.29, 1.82) is 0 Å². The predicted molar refractivity (Wildman–Crippen MR) is 155 cm³/mol. The number of fused-ring (bicyclic) bond motifs is 3. The second-order valence-electron chi connectivity index (χ2n) is 9.27. The quantitative estimate of drug-likeness (QED) is 0.250. The molecule has 5 aromatic carbocycles. The average molecular weight is 473 g/mol. The Hall–Kier alpha value is -4.95. The van der Waals surface area contributed by atoms with Gasteiger partial charge < -0.3 is 4.57 Å². The van der Waals surface area contributed by atoms with E-state index in [-0.39, 0.29) is 0 Å². The smallest absolute Gasteiger partial charge is 0.0948 e. The van der Waals surface area contributed by atoms with Gasteiger partial charge in [0.25, 0.3) is 0 Å². The van der Waals surface area contributed by atoms with E-state index in [2.05, 4.69) is 144 Å². The number of aromatic nitrogens is 2. The Morgan fingerprint density at radius 2 is 1.03 bits per heavy atom. The number of rotatable bonds is 4. The average Bonchev–Trinajstić information content (AvgIpc) is 3.32. The summed E-state index contributed by atoms with van der Waals surface area (Å²) in [5.74, 6) is 0. The normalized spacial score (nSPS) is 11.2. The van der Waals surface area contributed by atoms with Crippen molar-refractivity contribution in [3.05, 3.63) is 146 Å². The molecule has 0 atom stereocenters. The van der Waals surface area contributed by atoms with E-state index in [1.807, 2.05) is 6.20 Å². The molecule has 0 aliphatic rings. The van der Waals surface area contributed by atoms with Crippen molar-refractivity contribution in [2.24, 2.45) is 0 Å². The predicted octanol–water partition coefficient (Wildman–Crippen LogP) is 9.18. The summed E-state index contributed by atoms with van der Waals surface area (Å²) in [6.45, 7) is 0. The van der Waals surface area contributed by atoms with Crippen LogP contribution in [0.15, 0.2) is 146 Å². The highest BCUT2D eigenvalue weighted by molar-refractivity contribution is 6.14. The molecule has 2 aromatic heterocycles. The SMILES string of the molecule is c1ccc(-c2cccc(-n3c4ccc(-c5ccccc5)cc4c4ccnc(-c5ccccc5)c43)c2)cc1. The zero-order valence-electron chi connectivity index (χ0n) is 20.3. The third kappa shape index (κ3) is 3.71. The van der Waals surface area contributed by atoms with Crippen LogP contribution in [0.1, 0.15) is 0 Å². The molecule has 2 heterocycles. The standard InChI is InChI=1S/C35H24N2/c1-4-11-25(12-5-1)28-17-10-18-30(23-28)37-33-20-19-29(26-13-6-2-7-14-26)24-32(33)31-21-22-36-34(35(31)37)27-15-8-3-9-16-27/h1-24H. The van der Waals surface area contributed by atoms with Gasteiger partial charge in [0.15, 0.2) is 0 Å². The summed E-state index contributed by atoms with van der Waals surface area (Å²) < 4.78 is 2.38. The Morgan fingerprint density at radius 3 is 1.70 bits per heavy atom. The second kappa shape index (κ2) is 8.92. The van der Waals surface area contributed by atoms with Crippen LogP contribution in [0.5, 0.6) is 0 Å². The maximum atomic E-state index is 4.90. The van der Waals surface area contributed by atoms with Crippen LogP contribution in [0.3, 0.4) is 0 Å². The van der Waals surface area contributed by atoms with Gasteiger partial charge >= 0.3 is 0 Å². The molecule has 174 valence electrons. The fourth-order valence-electron chi connectivity index (χ4n) is 5.31. The molecule has 7 aromatic rings. The molecule has 0 fully saturated rings. The van der Waals surface area contributed by atoms with Gasteiger partial charge in [0.2, 0.25) is 0 Å². The summed E-state index contributed by atoms with van der Waals surface area (Å²) in [4.78, 5) is 4.90. The van der Waals surface area contributed by atoms with Gasteiger partial charge in [0.05, 0.1) is 16.7 Å². The van der Waals surface area contributed by atoms with Crippen molar-refractivity contribution in [3.8, 4) is 39.2 Å². The van der Waals surface area contributed by atoms with Gasteiger partial charge in [0.1, 0.15) is 0 Å². The molecule has 2 nitrogen and oxygen atoms in total. The molecule has 0 aliphatic heterocycles. The van der Waals surface area contributed by atoms with Crippen LogP contribution < -0.4 is 0 Å². The number of nitrogens with zero attached hydrogens (tertiary/aromatic N) is 2. The fraction of sp³-hybridized carbons (Fsp3) is 0. The van der Waals surface area contributed by atoms with E-state index in [0.29, 0.717) is 0 Å². The first-order valence-corrected chi connectivity index (χ1v) is 12.6. The largest absolute Gasteiger partial charge is 0.307 e. The van der Waals surface area contributed by atoms with E-state index < -0.39 is 0 Å². The minimum Gasteiger partial charge on any atom is -0.307 e. The molecular weight excluding hydrogens is 448 g/mol. The molecule has 0 amide bonds. The molecule has 37 heavy (non-hydrogen) atoms. The van der Waals surface area contributed by atoms with Crippen LogP contribution in [-0.4, -0.2) is 9.55 Å². The van der Waals surface area contributed by atoms with Crippen molar-refractivity contribution in [3.63, 3.8) is 0 Å². The van der Waals surface area contributed by atoms with E-state index in [1.54, 1.807) is 0 Å². The highest BCUT2D eigenvalue weighted by atomic mass is 15.0. The van der Waals surface area contributed by atoms with Crippen molar-refractivity contribution in [2.45, 2.75) is 0 Å². The van der Waals surface area contributed by atoms with Crippen LogP contribution in [0.25, 0.3) is 61.0 Å². The van der Waals surface area contributed by atoms with Crippen molar-refractivity contribution < 1.29 is 0 Å². The van der Waals surface area contributed by atoms with Crippen LogP contribution in [0.2, 0.25) is 0 Å². The zero-order chi connectivity index (χ0) is 24.6. The lowest BCUT2D eigenvalue weighted by Gasteiger charge is -2.13. The maximum absolute atomic E-state index is 4.90. The summed E-state index contributed by atoms with van der Waals surface area (Å²) in [6, 6.07) is 49.4. The Bertz CT molecular complexity index is 1850. The first-order chi connectivity index (χ1) is 18.4. The van der Waals surface area contributed by atoms with E-state index >= 15 is 0 Å². The topological polar surface area (TPSA) is 17.8 Å². The lowest BCUT2D eigenvalue weighted by Crippen LogP contribution is -1.97. The summed E-state index contributed by atoms with van der Waals surface area (Å²) in [5, 5.41) is 2.42. The highest BCUT2D eigenvalue weighted by Gasteiger charge is 2.18. The van der Waals surface area contributed by atoms with Crippen molar-refractivity contribution in [1.82, 2.24) is 9.55 Å². The molecule has 0 N–H and O–H groups in total. The Labute approximate surface area is 216 Å². The number of hydrogen-bond acceptors (Lipinski definition) is 1. The van der Waals surface area contributed by atoms with Crippen LogP contribution in [0, 0.1) is 0 Å². The van der Waals surface area contributed by atoms with Crippen LogP contribution >= 0.6 is 0 Å². The molecule has 0 unspecified atom stereocenters. The van der Waals surface area contributed by atoms with Crippen molar-refractivity contribution in [2.75, 3.05) is 0 Å². The van der Waals surface area contributed by atoms with Gasteiger partial charge in [-0.3, -0.25) is 4.98 Å². The van der Waals surface area contributed by atoms with Gasteiger partial charge in [-0.2, -0.15) is 0 Å². The van der Waals surface area contributed by atoms with Crippen LogP contribution in [-0.2, 0) is 0 Å².